The van der Waals surface area contributed by atoms with Crippen LogP contribution in [0.15, 0.2) is 59.4 Å². The van der Waals surface area contributed by atoms with Gasteiger partial charge in [0.1, 0.15) is 12.9 Å². The molecule has 9 heteroatoms. The zero-order valence-corrected chi connectivity index (χ0v) is 16.5. The number of pyridine rings is 1. The zero-order chi connectivity index (χ0) is 20.5. The molecule has 0 aliphatic carbocycles. The molecule has 2 aromatic heterocycles. The molecule has 0 amide bonds. The maximum absolute atomic E-state index is 14.1. The molecule has 0 bridgehead atoms. The van der Waals surface area contributed by atoms with Crippen LogP contribution < -0.4 is 15.7 Å². The summed E-state index contributed by atoms with van der Waals surface area (Å²) in [6, 6.07) is 14.0. The molecular weight excluding hydrogens is 418 g/mol. The van der Waals surface area contributed by atoms with E-state index in [2.05, 4.69) is 15.3 Å². The number of aromatic nitrogens is 3. The Labute approximate surface area is 174 Å². The smallest absolute Gasteiger partial charge is 0.285 e. The van der Waals surface area contributed by atoms with Gasteiger partial charge in [-0.1, -0.05) is 41.4 Å². The second-order valence-electron chi connectivity index (χ2n) is 5.98. The van der Waals surface area contributed by atoms with E-state index in [-0.39, 0.29) is 17.3 Å². The lowest BCUT2D eigenvalue weighted by Gasteiger charge is -2.14. The molecule has 1 N–H and O–H groups in total. The van der Waals surface area contributed by atoms with Crippen LogP contribution >= 0.6 is 23.2 Å². The summed E-state index contributed by atoms with van der Waals surface area (Å²) >= 11 is 12.8. The molecule has 0 aliphatic rings. The van der Waals surface area contributed by atoms with Crippen molar-refractivity contribution >= 4 is 45.9 Å². The second-order valence-corrected chi connectivity index (χ2v) is 6.80. The number of anilines is 2. The molecule has 0 saturated heterocycles. The SMILES string of the molecule is COn1c(=O)ccc2c(-c3c(Cl)cccc3Cl)nc(Nc3ccccc3F)nc21. The van der Waals surface area contributed by atoms with Crippen LogP contribution in [-0.2, 0) is 0 Å². The van der Waals surface area contributed by atoms with E-state index in [9.17, 15) is 9.18 Å². The van der Waals surface area contributed by atoms with Gasteiger partial charge in [0, 0.05) is 17.0 Å². The lowest BCUT2D eigenvalue weighted by molar-refractivity contribution is 0.167. The Morgan fingerprint density at radius 1 is 1.00 bits per heavy atom. The summed E-state index contributed by atoms with van der Waals surface area (Å²) in [4.78, 5) is 26.3. The van der Waals surface area contributed by atoms with Crippen LogP contribution in [0.25, 0.3) is 22.3 Å². The molecule has 0 atom stereocenters. The van der Waals surface area contributed by atoms with Gasteiger partial charge in [-0.05, 0) is 30.3 Å². The number of fused-ring (bicyclic) bond motifs is 1. The lowest BCUT2D eigenvalue weighted by atomic mass is 10.1. The highest BCUT2D eigenvalue weighted by atomic mass is 35.5. The first-order valence-corrected chi connectivity index (χ1v) is 9.19. The molecule has 6 nitrogen and oxygen atoms in total. The van der Waals surface area contributed by atoms with Crippen molar-refractivity contribution in [2.24, 2.45) is 0 Å². The van der Waals surface area contributed by atoms with Gasteiger partial charge in [0.05, 0.1) is 21.4 Å². The summed E-state index contributed by atoms with van der Waals surface area (Å²) in [7, 11) is 1.34. The molecule has 2 heterocycles. The molecule has 0 aliphatic heterocycles. The number of rotatable bonds is 4. The maximum atomic E-state index is 14.1. The fourth-order valence-corrected chi connectivity index (χ4v) is 3.50. The average molecular weight is 431 g/mol. The van der Waals surface area contributed by atoms with Gasteiger partial charge in [0.25, 0.3) is 5.56 Å². The summed E-state index contributed by atoms with van der Waals surface area (Å²) < 4.78 is 15.1. The van der Waals surface area contributed by atoms with E-state index in [1.807, 2.05) is 0 Å². The number of hydrogen-bond acceptors (Lipinski definition) is 5. The fourth-order valence-electron chi connectivity index (χ4n) is 2.92. The topological polar surface area (TPSA) is 69.0 Å². The first-order chi connectivity index (χ1) is 14.0. The van der Waals surface area contributed by atoms with Gasteiger partial charge in [-0.2, -0.15) is 4.98 Å². The minimum absolute atomic E-state index is 0.0463. The van der Waals surface area contributed by atoms with Crippen LogP contribution in [-0.4, -0.2) is 21.8 Å². The number of nitrogens with one attached hydrogen (secondary N) is 1. The Balaban J connectivity index is 2.04. The van der Waals surface area contributed by atoms with E-state index >= 15 is 0 Å². The standard InChI is InChI=1S/C20H13Cl2FN4O2/c1-29-27-16(28)10-9-11-18(17-12(21)5-4-6-13(17)22)25-20(26-19(11)27)24-15-8-3-2-7-14(15)23/h2-10H,1H3,(H,24,25,26). The summed E-state index contributed by atoms with van der Waals surface area (Å²) in [6.45, 7) is 0. The van der Waals surface area contributed by atoms with Crippen LogP contribution in [0.4, 0.5) is 16.0 Å². The molecule has 4 aromatic rings. The summed E-state index contributed by atoms with van der Waals surface area (Å²) in [5.41, 5.74) is 0.758. The molecule has 0 saturated carbocycles. The van der Waals surface area contributed by atoms with Gasteiger partial charge in [-0.3, -0.25) is 4.79 Å². The lowest BCUT2D eigenvalue weighted by Crippen LogP contribution is -2.25. The Kier molecular flexibility index (Phi) is 5.08. The van der Waals surface area contributed by atoms with Crippen LogP contribution in [0.1, 0.15) is 0 Å². The molecular formula is C20H13Cl2FN4O2. The predicted molar refractivity (Wildman–Crippen MR) is 111 cm³/mol. The zero-order valence-electron chi connectivity index (χ0n) is 15.0. The molecule has 29 heavy (non-hydrogen) atoms. The maximum Gasteiger partial charge on any atom is 0.285 e. The predicted octanol–water partition coefficient (Wildman–Crippen LogP) is 4.71. The van der Waals surface area contributed by atoms with E-state index in [0.717, 1.165) is 4.73 Å². The third-order valence-corrected chi connectivity index (χ3v) is 4.84. The van der Waals surface area contributed by atoms with Gasteiger partial charge in [-0.15, -0.1) is 4.73 Å². The molecule has 2 aromatic carbocycles. The highest BCUT2D eigenvalue weighted by molar-refractivity contribution is 6.39. The van der Waals surface area contributed by atoms with E-state index in [0.29, 0.717) is 26.7 Å². The van der Waals surface area contributed by atoms with E-state index in [1.54, 1.807) is 42.5 Å². The Bertz CT molecular complexity index is 1270. The Hall–Kier alpha value is -3.16. The van der Waals surface area contributed by atoms with Crippen LogP contribution in [0.2, 0.25) is 10.0 Å². The van der Waals surface area contributed by atoms with Crippen molar-refractivity contribution in [2.75, 3.05) is 12.4 Å². The van der Waals surface area contributed by atoms with Crippen LogP contribution in [0.5, 0.6) is 0 Å². The number of para-hydroxylation sites is 1. The van der Waals surface area contributed by atoms with E-state index in [1.165, 1.54) is 19.2 Å². The van der Waals surface area contributed by atoms with Gasteiger partial charge in [0.2, 0.25) is 5.95 Å². The third-order valence-electron chi connectivity index (χ3n) is 4.21. The van der Waals surface area contributed by atoms with Crippen molar-refractivity contribution in [3.05, 3.63) is 80.8 Å². The van der Waals surface area contributed by atoms with Crippen molar-refractivity contribution in [1.82, 2.24) is 14.7 Å². The summed E-state index contributed by atoms with van der Waals surface area (Å²) in [5, 5.41) is 4.05. The van der Waals surface area contributed by atoms with Gasteiger partial charge >= 0.3 is 0 Å². The van der Waals surface area contributed by atoms with Crippen molar-refractivity contribution < 1.29 is 9.23 Å². The molecule has 146 valence electrons. The van der Waals surface area contributed by atoms with E-state index < -0.39 is 11.4 Å². The molecule has 0 spiro atoms. The first-order valence-electron chi connectivity index (χ1n) is 8.44. The second kappa shape index (κ2) is 7.69. The number of benzene rings is 2. The van der Waals surface area contributed by atoms with Crippen molar-refractivity contribution in [1.29, 1.82) is 0 Å². The minimum Gasteiger partial charge on any atom is -0.412 e. The number of nitrogens with zero attached hydrogens (tertiary/aromatic N) is 3. The normalized spacial score (nSPS) is 10.9. The highest BCUT2D eigenvalue weighted by Crippen LogP contribution is 2.37. The number of hydrogen-bond donors (Lipinski definition) is 1. The molecule has 4 rings (SSSR count). The third kappa shape index (κ3) is 3.50. The average Bonchev–Trinajstić information content (AvgIpc) is 2.69. The van der Waals surface area contributed by atoms with Gasteiger partial charge in [-0.25, -0.2) is 9.37 Å². The van der Waals surface area contributed by atoms with Crippen LogP contribution in [0, 0.1) is 5.82 Å². The van der Waals surface area contributed by atoms with Gasteiger partial charge < -0.3 is 10.2 Å². The highest BCUT2D eigenvalue weighted by Gasteiger charge is 2.19. The van der Waals surface area contributed by atoms with E-state index in [4.69, 9.17) is 28.0 Å². The fraction of sp³-hybridized carbons (Fsp3) is 0.0500. The van der Waals surface area contributed by atoms with Crippen molar-refractivity contribution in [2.45, 2.75) is 0 Å². The van der Waals surface area contributed by atoms with Crippen molar-refractivity contribution in [3.8, 4) is 11.3 Å². The Morgan fingerprint density at radius 2 is 1.72 bits per heavy atom. The van der Waals surface area contributed by atoms with Gasteiger partial charge in [0.15, 0.2) is 5.65 Å². The number of halogens is 3. The Morgan fingerprint density at radius 3 is 2.41 bits per heavy atom. The monoisotopic (exact) mass is 430 g/mol. The largest absolute Gasteiger partial charge is 0.412 e. The molecule has 0 unspecified atom stereocenters. The summed E-state index contributed by atoms with van der Waals surface area (Å²) in [6.07, 6.45) is 0. The van der Waals surface area contributed by atoms with Crippen LogP contribution in [0.3, 0.4) is 0 Å². The minimum atomic E-state index is -0.481. The van der Waals surface area contributed by atoms with Crippen molar-refractivity contribution in [3.63, 3.8) is 0 Å². The molecule has 0 radical (unpaired) electrons. The first kappa shape index (κ1) is 19.2. The quantitative estimate of drug-likeness (QED) is 0.507. The summed E-state index contributed by atoms with van der Waals surface area (Å²) in [5.74, 6) is -0.435. The molecule has 0 fully saturated rings.